The summed E-state index contributed by atoms with van der Waals surface area (Å²) in [5.41, 5.74) is 6.58. The van der Waals surface area contributed by atoms with Crippen molar-refractivity contribution < 1.29 is 13.2 Å². The minimum absolute atomic E-state index is 0.00223. The van der Waals surface area contributed by atoms with E-state index < -0.39 is 10.0 Å². The highest BCUT2D eigenvalue weighted by Gasteiger charge is 2.36. The van der Waals surface area contributed by atoms with Crippen molar-refractivity contribution in [3.8, 4) is 5.75 Å². The second-order valence-corrected chi connectivity index (χ2v) is 7.64. The molecule has 0 spiro atoms. The highest BCUT2D eigenvalue weighted by molar-refractivity contribution is 7.89. The van der Waals surface area contributed by atoms with Gasteiger partial charge in [-0.1, -0.05) is 6.42 Å². The predicted octanol–water partition coefficient (Wildman–Crippen LogP) is 1.75. The van der Waals surface area contributed by atoms with Gasteiger partial charge in [-0.3, -0.25) is 0 Å². The van der Waals surface area contributed by atoms with E-state index in [0.29, 0.717) is 17.2 Å². The summed E-state index contributed by atoms with van der Waals surface area (Å²) in [6.45, 7) is 2.38. The van der Waals surface area contributed by atoms with E-state index in [1.165, 1.54) is 4.31 Å². The van der Waals surface area contributed by atoms with Gasteiger partial charge in [-0.15, -0.1) is 0 Å². The van der Waals surface area contributed by atoms with Gasteiger partial charge in [-0.25, -0.2) is 8.42 Å². The van der Waals surface area contributed by atoms with E-state index in [9.17, 15) is 8.42 Å². The summed E-state index contributed by atoms with van der Waals surface area (Å²) in [5, 5.41) is 0. The van der Waals surface area contributed by atoms with Gasteiger partial charge in [0, 0.05) is 13.1 Å². The molecule has 118 valence electrons. The number of hydrogen-bond acceptors (Lipinski definition) is 4. The zero-order valence-corrected chi connectivity index (χ0v) is 13.7. The lowest BCUT2D eigenvalue weighted by Gasteiger charge is -2.28. The summed E-state index contributed by atoms with van der Waals surface area (Å²) in [5.74, 6) is 0.946. The van der Waals surface area contributed by atoms with E-state index in [4.69, 9.17) is 10.5 Å². The maximum absolute atomic E-state index is 12.8. The molecule has 21 heavy (non-hydrogen) atoms. The third-order valence-corrected chi connectivity index (χ3v) is 6.31. The SMILES string of the molecule is COc1ccc(S(=O)(=O)N(C)C2CCCC2CN)cc1C. The van der Waals surface area contributed by atoms with Crippen LogP contribution in [0, 0.1) is 12.8 Å². The van der Waals surface area contributed by atoms with Crippen LogP contribution in [0.4, 0.5) is 0 Å². The lowest BCUT2D eigenvalue weighted by Crippen LogP contribution is -2.41. The first-order valence-electron chi connectivity index (χ1n) is 7.24. The zero-order valence-electron chi connectivity index (χ0n) is 12.9. The molecule has 0 bridgehead atoms. The van der Waals surface area contributed by atoms with Crippen LogP contribution in [0.3, 0.4) is 0 Å². The Labute approximate surface area is 127 Å². The number of methoxy groups -OCH3 is 1. The normalized spacial score (nSPS) is 22.7. The first-order chi connectivity index (χ1) is 9.91. The van der Waals surface area contributed by atoms with Crippen molar-refractivity contribution >= 4 is 10.0 Å². The van der Waals surface area contributed by atoms with E-state index in [0.717, 1.165) is 24.8 Å². The molecule has 6 heteroatoms. The van der Waals surface area contributed by atoms with Crippen LogP contribution in [-0.2, 0) is 10.0 Å². The monoisotopic (exact) mass is 312 g/mol. The van der Waals surface area contributed by atoms with Gasteiger partial charge >= 0.3 is 0 Å². The molecule has 0 saturated heterocycles. The molecule has 0 heterocycles. The predicted molar refractivity (Wildman–Crippen MR) is 82.9 cm³/mol. The van der Waals surface area contributed by atoms with Crippen molar-refractivity contribution in [2.45, 2.75) is 37.1 Å². The van der Waals surface area contributed by atoms with Crippen molar-refractivity contribution in [1.29, 1.82) is 0 Å². The number of aryl methyl sites for hydroxylation is 1. The van der Waals surface area contributed by atoms with Crippen LogP contribution in [0.1, 0.15) is 24.8 Å². The Balaban J connectivity index is 2.31. The summed E-state index contributed by atoms with van der Waals surface area (Å²) in [7, 11) is -0.254. The Morgan fingerprint density at radius 1 is 1.38 bits per heavy atom. The summed E-state index contributed by atoms with van der Waals surface area (Å²) >= 11 is 0. The average Bonchev–Trinajstić information content (AvgIpc) is 2.94. The first kappa shape index (κ1) is 16.3. The standard InChI is InChI=1S/C15H24N2O3S/c1-11-9-13(7-8-15(11)20-3)21(18,19)17(2)14-6-4-5-12(14)10-16/h7-9,12,14H,4-6,10,16H2,1-3H3. The Morgan fingerprint density at radius 3 is 2.67 bits per heavy atom. The van der Waals surface area contributed by atoms with Gasteiger partial charge in [0.1, 0.15) is 5.75 Å². The molecule has 2 unspecified atom stereocenters. The highest BCUT2D eigenvalue weighted by atomic mass is 32.2. The molecule has 1 fully saturated rings. The third kappa shape index (κ3) is 3.07. The summed E-state index contributed by atoms with van der Waals surface area (Å²) in [6.07, 6.45) is 2.92. The fraction of sp³-hybridized carbons (Fsp3) is 0.600. The maximum atomic E-state index is 12.8. The third-order valence-electron chi connectivity index (χ3n) is 4.43. The maximum Gasteiger partial charge on any atom is 0.243 e. The lowest BCUT2D eigenvalue weighted by atomic mass is 10.0. The molecule has 1 aliphatic rings. The molecular formula is C15H24N2O3S. The van der Waals surface area contributed by atoms with Gasteiger partial charge < -0.3 is 10.5 Å². The summed E-state index contributed by atoms with van der Waals surface area (Å²) in [4.78, 5) is 0.311. The van der Waals surface area contributed by atoms with Crippen molar-refractivity contribution in [2.24, 2.45) is 11.7 Å². The average molecular weight is 312 g/mol. The molecule has 5 nitrogen and oxygen atoms in total. The molecule has 2 atom stereocenters. The number of sulfonamides is 1. The Morgan fingerprint density at radius 2 is 2.10 bits per heavy atom. The Hall–Kier alpha value is -1.11. The van der Waals surface area contributed by atoms with Gasteiger partial charge in [0.25, 0.3) is 0 Å². The van der Waals surface area contributed by atoms with Crippen molar-refractivity contribution in [3.63, 3.8) is 0 Å². The van der Waals surface area contributed by atoms with Crippen molar-refractivity contribution in [1.82, 2.24) is 4.31 Å². The smallest absolute Gasteiger partial charge is 0.243 e. The molecule has 1 aromatic rings. The van der Waals surface area contributed by atoms with Crippen LogP contribution in [0.5, 0.6) is 5.75 Å². The number of nitrogens with zero attached hydrogens (tertiary/aromatic N) is 1. The zero-order chi connectivity index (χ0) is 15.6. The van der Waals surface area contributed by atoms with Gasteiger partial charge in [0.05, 0.1) is 12.0 Å². The van der Waals surface area contributed by atoms with Gasteiger partial charge in [0.15, 0.2) is 0 Å². The highest BCUT2D eigenvalue weighted by Crippen LogP contribution is 2.32. The van der Waals surface area contributed by atoms with E-state index in [1.54, 1.807) is 32.4 Å². The number of ether oxygens (including phenoxy) is 1. The number of nitrogens with two attached hydrogens (primary N) is 1. The molecule has 1 aromatic carbocycles. The van der Waals surface area contributed by atoms with Crippen LogP contribution in [0.2, 0.25) is 0 Å². The van der Waals surface area contributed by atoms with Crippen molar-refractivity contribution in [3.05, 3.63) is 23.8 Å². The van der Waals surface area contributed by atoms with Crippen LogP contribution in [-0.4, -0.2) is 39.5 Å². The molecular weight excluding hydrogens is 288 g/mol. The Bertz CT molecular complexity index is 601. The van der Waals surface area contributed by atoms with Crippen LogP contribution in [0.25, 0.3) is 0 Å². The van der Waals surface area contributed by atoms with Crippen LogP contribution in [0.15, 0.2) is 23.1 Å². The fourth-order valence-corrected chi connectivity index (χ4v) is 4.66. The fourth-order valence-electron chi connectivity index (χ4n) is 3.13. The van der Waals surface area contributed by atoms with Gasteiger partial charge in [-0.05, 0) is 56.0 Å². The van der Waals surface area contributed by atoms with E-state index in [2.05, 4.69) is 0 Å². The van der Waals surface area contributed by atoms with E-state index >= 15 is 0 Å². The number of benzene rings is 1. The quantitative estimate of drug-likeness (QED) is 0.899. The summed E-state index contributed by atoms with van der Waals surface area (Å²) in [6, 6.07) is 4.97. The minimum atomic E-state index is -3.49. The topological polar surface area (TPSA) is 72.6 Å². The molecule has 0 aromatic heterocycles. The minimum Gasteiger partial charge on any atom is -0.496 e. The van der Waals surface area contributed by atoms with Crippen LogP contribution >= 0.6 is 0 Å². The second kappa shape index (κ2) is 6.34. The van der Waals surface area contributed by atoms with Gasteiger partial charge in [-0.2, -0.15) is 4.31 Å². The second-order valence-electron chi connectivity index (χ2n) is 5.65. The van der Waals surface area contributed by atoms with Gasteiger partial charge in [0.2, 0.25) is 10.0 Å². The molecule has 0 amide bonds. The molecule has 1 saturated carbocycles. The lowest BCUT2D eigenvalue weighted by molar-refractivity contribution is 0.304. The molecule has 1 aliphatic carbocycles. The molecule has 2 N–H and O–H groups in total. The molecule has 0 radical (unpaired) electrons. The Kier molecular flexibility index (Phi) is 4.91. The number of rotatable bonds is 5. The number of hydrogen-bond donors (Lipinski definition) is 1. The summed E-state index contributed by atoms with van der Waals surface area (Å²) < 4.78 is 32.2. The van der Waals surface area contributed by atoms with E-state index in [1.807, 2.05) is 6.92 Å². The largest absolute Gasteiger partial charge is 0.496 e. The van der Waals surface area contributed by atoms with Crippen LogP contribution < -0.4 is 10.5 Å². The van der Waals surface area contributed by atoms with Crippen molar-refractivity contribution in [2.75, 3.05) is 20.7 Å². The molecule has 0 aliphatic heterocycles. The first-order valence-corrected chi connectivity index (χ1v) is 8.68. The molecule has 2 rings (SSSR count). The van der Waals surface area contributed by atoms with E-state index in [-0.39, 0.29) is 12.0 Å².